The van der Waals surface area contributed by atoms with Gasteiger partial charge in [0.2, 0.25) is 9.84 Å². The molecule has 0 saturated carbocycles. The van der Waals surface area contributed by atoms with Crippen LogP contribution in [0.25, 0.3) is 0 Å². The van der Waals surface area contributed by atoms with Crippen LogP contribution in [0.2, 0.25) is 10.0 Å². The van der Waals surface area contributed by atoms with Crippen molar-refractivity contribution in [1.29, 1.82) is 0 Å². The minimum Gasteiger partial charge on any atom is -0.353 e. The normalized spacial score (nSPS) is 15.2. The van der Waals surface area contributed by atoms with Crippen LogP contribution < -0.4 is 5.32 Å². The summed E-state index contributed by atoms with van der Waals surface area (Å²) in [6.45, 7) is 3.70. The van der Waals surface area contributed by atoms with Crippen molar-refractivity contribution >= 4 is 44.4 Å². The molecule has 0 unspecified atom stereocenters. The summed E-state index contributed by atoms with van der Waals surface area (Å²) in [6, 6.07) is 6.65. The van der Waals surface area contributed by atoms with Crippen molar-refractivity contribution in [2.75, 3.05) is 5.32 Å². The molecule has 0 saturated heterocycles. The van der Waals surface area contributed by atoms with E-state index in [1.54, 1.807) is 19.1 Å². The number of halogens is 2. The zero-order valence-corrected chi connectivity index (χ0v) is 13.1. The quantitative estimate of drug-likeness (QED) is 0.661. The molecule has 1 aliphatic heterocycles. The standard InChI is InChI=1S/C14H11Cl2NO2S/c1-7-3-8(2)13-11(4-7)17-12-6-9(15)5-10(16)14(12)20(13,18)19/h3-6,17H,1-2H3. The molecule has 1 N–H and O–H groups in total. The van der Waals surface area contributed by atoms with Crippen molar-refractivity contribution in [2.45, 2.75) is 23.6 Å². The summed E-state index contributed by atoms with van der Waals surface area (Å²) in [5.74, 6) is 0. The lowest BCUT2D eigenvalue weighted by Gasteiger charge is -2.24. The van der Waals surface area contributed by atoms with Gasteiger partial charge in [0, 0.05) is 5.02 Å². The Bertz CT molecular complexity index is 781. The Morgan fingerprint density at radius 3 is 2.30 bits per heavy atom. The second-order valence-corrected chi connectivity index (χ2v) is 7.52. The Balaban J connectivity index is 2.41. The third-order valence-corrected chi connectivity index (χ3v) is 5.92. The smallest absolute Gasteiger partial charge is 0.212 e. The third-order valence-electron chi connectivity index (χ3n) is 3.23. The number of hydrogen-bond donors (Lipinski definition) is 1. The highest BCUT2D eigenvalue weighted by molar-refractivity contribution is 7.92. The summed E-state index contributed by atoms with van der Waals surface area (Å²) in [4.78, 5) is 0.364. The van der Waals surface area contributed by atoms with Crippen LogP contribution in [-0.4, -0.2) is 8.42 Å². The first-order valence-electron chi connectivity index (χ1n) is 5.93. The maximum Gasteiger partial charge on any atom is 0.212 e. The number of benzene rings is 2. The zero-order chi connectivity index (χ0) is 14.7. The minimum atomic E-state index is -3.65. The van der Waals surface area contributed by atoms with Gasteiger partial charge in [-0.3, -0.25) is 0 Å². The minimum absolute atomic E-state index is 0.0861. The van der Waals surface area contributed by atoms with Gasteiger partial charge in [0.05, 0.1) is 21.3 Å². The van der Waals surface area contributed by atoms with Crippen molar-refractivity contribution < 1.29 is 8.42 Å². The van der Waals surface area contributed by atoms with Gasteiger partial charge in [-0.25, -0.2) is 8.42 Å². The fourth-order valence-corrected chi connectivity index (χ4v) is 5.18. The molecule has 104 valence electrons. The van der Waals surface area contributed by atoms with Gasteiger partial charge in [0.15, 0.2) is 0 Å². The van der Waals surface area contributed by atoms with E-state index in [2.05, 4.69) is 5.32 Å². The SMILES string of the molecule is Cc1cc(C)c2c(c1)Nc1cc(Cl)cc(Cl)c1S2(=O)=O. The number of anilines is 2. The van der Waals surface area contributed by atoms with Crippen LogP contribution in [0.3, 0.4) is 0 Å². The lowest BCUT2D eigenvalue weighted by atomic mass is 10.1. The summed E-state index contributed by atoms with van der Waals surface area (Å²) < 4.78 is 25.6. The summed E-state index contributed by atoms with van der Waals surface area (Å²) in [7, 11) is -3.65. The first-order chi connectivity index (χ1) is 9.30. The monoisotopic (exact) mass is 327 g/mol. The van der Waals surface area contributed by atoms with Crippen LogP contribution >= 0.6 is 23.2 Å². The van der Waals surface area contributed by atoms with Crippen LogP contribution in [0.5, 0.6) is 0 Å². The molecule has 1 aliphatic rings. The summed E-state index contributed by atoms with van der Waals surface area (Å²) in [5, 5.41) is 3.63. The molecule has 3 rings (SSSR count). The van der Waals surface area contributed by atoms with Crippen molar-refractivity contribution in [2.24, 2.45) is 0 Å². The molecular formula is C14H11Cl2NO2S. The first-order valence-corrected chi connectivity index (χ1v) is 8.17. The van der Waals surface area contributed by atoms with Crippen LogP contribution in [-0.2, 0) is 9.84 Å². The van der Waals surface area contributed by atoms with Crippen molar-refractivity contribution in [3.05, 3.63) is 45.4 Å². The fourth-order valence-electron chi connectivity index (χ4n) is 2.58. The van der Waals surface area contributed by atoms with E-state index >= 15 is 0 Å². The molecule has 3 nitrogen and oxygen atoms in total. The van der Waals surface area contributed by atoms with Crippen LogP contribution in [0.1, 0.15) is 11.1 Å². The Morgan fingerprint density at radius 1 is 0.950 bits per heavy atom. The molecule has 0 bridgehead atoms. The summed E-state index contributed by atoms with van der Waals surface area (Å²) in [5.41, 5.74) is 2.66. The van der Waals surface area contributed by atoms with E-state index in [-0.39, 0.29) is 14.8 Å². The van der Waals surface area contributed by atoms with Gasteiger partial charge in [0.1, 0.15) is 4.90 Å². The number of fused-ring (bicyclic) bond motifs is 2. The lowest BCUT2D eigenvalue weighted by molar-refractivity contribution is 0.595. The maximum absolute atomic E-state index is 12.8. The van der Waals surface area contributed by atoms with Gasteiger partial charge in [0.25, 0.3) is 0 Å². The Morgan fingerprint density at radius 2 is 1.60 bits per heavy atom. The molecule has 2 aromatic carbocycles. The van der Waals surface area contributed by atoms with E-state index in [4.69, 9.17) is 23.2 Å². The van der Waals surface area contributed by atoms with E-state index < -0.39 is 9.84 Å². The van der Waals surface area contributed by atoms with E-state index in [0.717, 1.165) is 5.56 Å². The Labute approximate surface area is 127 Å². The summed E-state index contributed by atoms with van der Waals surface area (Å²) >= 11 is 12.0. The van der Waals surface area contributed by atoms with Gasteiger partial charge in [-0.15, -0.1) is 0 Å². The van der Waals surface area contributed by atoms with Crippen molar-refractivity contribution in [1.82, 2.24) is 0 Å². The highest BCUT2D eigenvalue weighted by Gasteiger charge is 2.33. The molecular weight excluding hydrogens is 317 g/mol. The number of rotatable bonds is 0. The molecule has 0 spiro atoms. The van der Waals surface area contributed by atoms with Crippen LogP contribution in [0, 0.1) is 13.8 Å². The molecule has 0 aromatic heterocycles. The highest BCUT2D eigenvalue weighted by atomic mass is 35.5. The maximum atomic E-state index is 12.8. The largest absolute Gasteiger partial charge is 0.353 e. The molecule has 0 aliphatic carbocycles. The molecule has 20 heavy (non-hydrogen) atoms. The van der Waals surface area contributed by atoms with Gasteiger partial charge >= 0.3 is 0 Å². The van der Waals surface area contributed by atoms with E-state index in [1.807, 2.05) is 13.0 Å². The van der Waals surface area contributed by atoms with Gasteiger partial charge in [-0.2, -0.15) is 0 Å². The predicted molar refractivity (Wildman–Crippen MR) is 81.1 cm³/mol. The number of nitrogens with one attached hydrogen (secondary N) is 1. The molecule has 2 aromatic rings. The first kappa shape index (κ1) is 13.7. The van der Waals surface area contributed by atoms with Gasteiger partial charge < -0.3 is 5.32 Å². The predicted octanol–water partition coefficient (Wildman–Crippen LogP) is 4.50. The number of sulfone groups is 1. The lowest BCUT2D eigenvalue weighted by Crippen LogP contribution is -2.16. The number of aryl methyl sites for hydroxylation is 2. The third kappa shape index (κ3) is 1.91. The average molecular weight is 328 g/mol. The second-order valence-electron chi connectivity index (χ2n) is 4.85. The van der Waals surface area contributed by atoms with Gasteiger partial charge in [-0.1, -0.05) is 29.3 Å². The Kier molecular flexibility index (Phi) is 3.01. The molecule has 6 heteroatoms. The molecule has 0 fully saturated rings. The van der Waals surface area contributed by atoms with E-state index in [1.165, 1.54) is 6.07 Å². The van der Waals surface area contributed by atoms with Crippen molar-refractivity contribution in [3.63, 3.8) is 0 Å². The summed E-state index contributed by atoms with van der Waals surface area (Å²) in [6.07, 6.45) is 0. The van der Waals surface area contributed by atoms with Crippen molar-refractivity contribution in [3.8, 4) is 0 Å². The van der Waals surface area contributed by atoms with Crippen LogP contribution in [0.15, 0.2) is 34.1 Å². The Hall–Kier alpha value is -1.23. The van der Waals surface area contributed by atoms with Crippen LogP contribution in [0.4, 0.5) is 11.4 Å². The molecule has 0 radical (unpaired) electrons. The second kappa shape index (κ2) is 4.38. The molecule has 0 amide bonds. The number of hydrogen-bond acceptors (Lipinski definition) is 3. The molecule has 0 atom stereocenters. The van der Waals surface area contributed by atoms with Gasteiger partial charge in [-0.05, 0) is 43.2 Å². The zero-order valence-electron chi connectivity index (χ0n) is 10.8. The molecule has 1 heterocycles. The average Bonchev–Trinajstić information content (AvgIpc) is 2.24. The van der Waals surface area contributed by atoms with E-state index in [0.29, 0.717) is 22.0 Å². The van der Waals surface area contributed by atoms with E-state index in [9.17, 15) is 8.42 Å². The topological polar surface area (TPSA) is 46.2 Å². The fraction of sp³-hybridized carbons (Fsp3) is 0.143. The highest BCUT2D eigenvalue weighted by Crippen LogP contribution is 2.45.